The fraction of sp³-hybridized carbons (Fsp3) is 0.769. The maximum atomic E-state index is 11.9. The molecule has 1 aliphatic rings. The molecule has 1 N–H and O–H groups in total. The highest BCUT2D eigenvalue weighted by Gasteiger charge is 2.57. The topological polar surface area (TPSA) is 81.7 Å². The average Bonchev–Trinajstić information content (AvgIpc) is 3.15. The molecule has 1 rings (SSSR count). The van der Waals surface area contributed by atoms with Crippen LogP contribution in [0.15, 0.2) is 0 Å². The maximum absolute atomic E-state index is 11.9. The first kappa shape index (κ1) is 15.5. The van der Waals surface area contributed by atoms with Crippen molar-refractivity contribution in [3.05, 3.63) is 0 Å². The van der Waals surface area contributed by atoms with E-state index in [-0.39, 0.29) is 24.9 Å². The summed E-state index contributed by atoms with van der Waals surface area (Å²) in [6, 6.07) is 0. The van der Waals surface area contributed by atoms with Gasteiger partial charge in [-0.15, -0.1) is 0 Å². The molecule has 0 heterocycles. The number of Topliss-reactive ketones (excluding diaryl/α,β-unsaturated/α-hetero) is 1. The van der Waals surface area contributed by atoms with Crippen molar-refractivity contribution in [2.24, 2.45) is 11.3 Å². The van der Waals surface area contributed by atoms with E-state index in [0.29, 0.717) is 19.4 Å². The fourth-order valence-electron chi connectivity index (χ4n) is 1.61. The van der Waals surface area contributed by atoms with Crippen molar-refractivity contribution in [3.8, 4) is 0 Å². The van der Waals surface area contributed by atoms with Gasteiger partial charge in [0.2, 0.25) is 0 Å². The lowest BCUT2D eigenvalue weighted by molar-refractivity contribution is -0.153. The lowest BCUT2D eigenvalue weighted by Crippen LogP contribution is -2.38. The van der Waals surface area contributed by atoms with Crippen LogP contribution in [0.5, 0.6) is 0 Å². The Morgan fingerprint density at radius 3 is 2.32 bits per heavy atom. The summed E-state index contributed by atoms with van der Waals surface area (Å²) in [6.45, 7) is 5.87. The third kappa shape index (κ3) is 4.22. The van der Waals surface area contributed by atoms with Crippen molar-refractivity contribution in [1.29, 1.82) is 0 Å². The zero-order valence-electron chi connectivity index (χ0n) is 11.7. The van der Waals surface area contributed by atoms with Crippen molar-refractivity contribution < 1.29 is 23.9 Å². The second kappa shape index (κ2) is 6.54. The predicted molar refractivity (Wildman–Crippen MR) is 67.5 cm³/mol. The molecule has 0 radical (unpaired) electrons. The highest BCUT2D eigenvalue weighted by Crippen LogP contribution is 2.47. The first-order valence-corrected chi connectivity index (χ1v) is 6.53. The van der Waals surface area contributed by atoms with Gasteiger partial charge in [-0.05, 0) is 25.7 Å². The second-order valence-electron chi connectivity index (χ2n) is 5.07. The monoisotopic (exact) mass is 271 g/mol. The normalized spacial score (nSPS) is 15.8. The molecule has 0 unspecified atom stereocenters. The van der Waals surface area contributed by atoms with Gasteiger partial charge in [-0.1, -0.05) is 13.8 Å². The summed E-state index contributed by atoms with van der Waals surface area (Å²) < 4.78 is 9.75. The number of carbonyl (C=O) groups is 3. The van der Waals surface area contributed by atoms with E-state index in [9.17, 15) is 14.4 Å². The standard InChI is InChI=1S/C13H21NO5/c1-4-18-11(16)13(5-6-13)10(15)7-14-12(17)19-8-9(2)3/h9H,4-8H2,1-3H3,(H,14,17). The van der Waals surface area contributed by atoms with Crippen LogP contribution in [0.3, 0.4) is 0 Å². The zero-order chi connectivity index (χ0) is 14.5. The van der Waals surface area contributed by atoms with Gasteiger partial charge in [-0.3, -0.25) is 9.59 Å². The number of ether oxygens (including phenoxy) is 2. The lowest BCUT2D eigenvalue weighted by Gasteiger charge is -2.13. The molecule has 6 heteroatoms. The Morgan fingerprint density at radius 2 is 1.84 bits per heavy atom. The van der Waals surface area contributed by atoms with Crippen LogP contribution >= 0.6 is 0 Å². The number of ketones is 1. The van der Waals surface area contributed by atoms with Gasteiger partial charge in [0.1, 0.15) is 5.41 Å². The van der Waals surface area contributed by atoms with Crippen LogP contribution in [-0.4, -0.2) is 37.6 Å². The van der Waals surface area contributed by atoms with E-state index in [2.05, 4.69) is 5.32 Å². The van der Waals surface area contributed by atoms with Crippen molar-refractivity contribution in [2.75, 3.05) is 19.8 Å². The molecule has 1 aliphatic carbocycles. The molecule has 1 amide bonds. The average molecular weight is 271 g/mol. The highest BCUT2D eigenvalue weighted by molar-refractivity contribution is 6.08. The molecule has 108 valence electrons. The van der Waals surface area contributed by atoms with Crippen LogP contribution in [0.1, 0.15) is 33.6 Å². The first-order chi connectivity index (χ1) is 8.92. The van der Waals surface area contributed by atoms with E-state index in [0.717, 1.165) is 0 Å². The quantitative estimate of drug-likeness (QED) is 0.557. The van der Waals surface area contributed by atoms with Gasteiger partial charge in [0.25, 0.3) is 0 Å². The minimum atomic E-state index is -1.03. The van der Waals surface area contributed by atoms with Crippen molar-refractivity contribution >= 4 is 17.8 Å². The van der Waals surface area contributed by atoms with E-state index < -0.39 is 17.5 Å². The predicted octanol–water partition coefficient (Wildman–Crippen LogP) is 1.28. The number of nitrogens with one attached hydrogen (secondary N) is 1. The summed E-state index contributed by atoms with van der Waals surface area (Å²) in [5.74, 6) is -0.569. The summed E-state index contributed by atoms with van der Waals surface area (Å²) in [5, 5.41) is 2.36. The number of alkyl carbamates (subject to hydrolysis) is 1. The Balaban J connectivity index is 2.35. The van der Waals surface area contributed by atoms with Crippen molar-refractivity contribution in [3.63, 3.8) is 0 Å². The number of hydrogen-bond donors (Lipinski definition) is 1. The van der Waals surface area contributed by atoms with E-state index in [1.807, 2.05) is 13.8 Å². The third-order valence-electron chi connectivity index (χ3n) is 2.89. The Morgan fingerprint density at radius 1 is 1.21 bits per heavy atom. The van der Waals surface area contributed by atoms with E-state index >= 15 is 0 Å². The van der Waals surface area contributed by atoms with E-state index in [1.165, 1.54) is 0 Å². The number of amides is 1. The first-order valence-electron chi connectivity index (χ1n) is 6.53. The SMILES string of the molecule is CCOC(=O)C1(C(=O)CNC(=O)OCC(C)C)CC1. The Bertz CT molecular complexity index is 360. The van der Waals surface area contributed by atoms with Crippen molar-refractivity contribution in [2.45, 2.75) is 33.6 Å². The maximum Gasteiger partial charge on any atom is 0.407 e. The summed E-state index contributed by atoms with van der Waals surface area (Å²) in [7, 11) is 0. The van der Waals surface area contributed by atoms with Crippen LogP contribution in [0.2, 0.25) is 0 Å². The number of rotatable bonds is 7. The van der Waals surface area contributed by atoms with Gasteiger partial charge in [-0.2, -0.15) is 0 Å². The van der Waals surface area contributed by atoms with Gasteiger partial charge < -0.3 is 14.8 Å². The number of hydrogen-bond acceptors (Lipinski definition) is 5. The van der Waals surface area contributed by atoms with Gasteiger partial charge >= 0.3 is 12.1 Å². The lowest BCUT2D eigenvalue weighted by atomic mass is 10.0. The van der Waals surface area contributed by atoms with Crippen LogP contribution in [0, 0.1) is 11.3 Å². The number of carbonyl (C=O) groups excluding carboxylic acids is 3. The molecular weight excluding hydrogens is 250 g/mol. The van der Waals surface area contributed by atoms with E-state index in [4.69, 9.17) is 9.47 Å². The molecule has 0 spiro atoms. The zero-order valence-corrected chi connectivity index (χ0v) is 11.7. The highest BCUT2D eigenvalue weighted by atomic mass is 16.5. The van der Waals surface area contributed by atoms with Crippen molar-refractivity contribution in [1.82, 2.24) is 5.32 Å². The Labute approximate surface area is 112 Å². The molecule has 0 aromatic rings. The molecule has 19 heavy (non-hydrogen) atoms. The van der Waals surface area contributed by atoms with Crippen LogP contribution in [0.25, 0.3) is 0 Å². The molecule has 1 saturated carbocycles. The molecular formula is C13H21NO5. The summed E-state index contributed by atoms with van der Waals surface area (Å²) in [4.78, 5) is 34.8. The molecule has 0 atom stereocenters. The van der Waals surface area contributed by atoms with E-state index in [1.54, 1.807) is 6.92 Å². The largest absolute Gasteiger partial charge is 0.465 e. The molecule has 0 aromatic heterocycles. The van der Waals surface area contributed by atoms with Crippen LogP contribution in [-0.2, 0) is 19.1 Å². The second-order valence-corrected chi connectivity index (χ2v) is 5.07. The smallest absolute Gasteiger partial charge is 0.407 e. The summed E-state index contributed by atoms with van der Waals surface area (Å²) in [6.07, 6.45) is 0.350. The van der Waals surface area contributed by atoms with Gasteiger partial charge in [0.05, 0.1) is 19.8 Å². The fourth-order valence-corrected chi connectivity index (χ4v) is 1.61. The van der Waals surface area contributed by atoms with Crippen LogP contribution < -0.4 is 5.32 Å². The molecule has 0 aliphatic heterocycles. The number of esters is 1. The van der Waals surface area contributed by atoms with Gasteiger partial charge in [0.15, 0.2) is 5.78 Å². The minimum absolute atomic E-state index is 0.199. The third-order valence-corrected chi connectivity index (χ3v) is 2.89. The van der Waals surface area contributed by atoms with Gasteiger partial charge in [0, 0.05) is 0 Å². The summed E-state index contributed by atoms with van der Waals surface area (Å²) in [5.41, 5.74) is -1.03. The van der Waals surface area contributed by atoms with Gasteiger partial charge in [-0.25, -0.2) is 4.79 Å². The molecule has 0 aromatic carbocycles. The molecule has 0 saturated heterocycles. The Hall–Kier alpha value is -1.59. The Kier molecular flexibility index (Phi) is 5.32. The molecule has 6 nitrogen and oxygen atoms in total. The summed E-state index contributed by atoms with van der Waals surface area (Å²) >= 11 is 0. The molecule has 1 fully saturated rings. The van der Waals surface area contributed by atoms with Crippen LogP contribution in [0.4, 0.5) is 4.79 Å². The molecule has 0 bridgehead atoms. The minimum Gasteiger partial charge on any atom is -0.465 e.